The molecular formula is C21H25N3O3S. The molecule has 1 N–H and O–H groups in total. The maximum absolute atomic E-state index is 12.5. The number of carbonyl (C=O) groups is 1. The summed E-state index contributed by atoms with van der Waals surface area (Å²) in [5.41, 5.74) is 2.46. The van der Waals surface area contributed by atoms with Crippen LogP contribution in [0.15, 0.2) is 53.4 Å². The Balaban J connectivity index is 1.54. The fourth-order valence-electron chi connectivity index (χ4n) is 3.30. The van der Waals surface area contributed by atoms with Gasteiger partial charge >= 0.3 is 0 Å². The van der Waals surface area contributed by atoms with Crippen molar-refractivity contribution in [2.75, 3.05) is 13.1 Å². The van der Waals surface area contributed by atoms with E-state index in [-0.39, 0.29) is 16.8 Å². The first-order chi connectivity index (χ1) is 13.5. The van der Waals surface area contributed by atoms with Crippen molar-refractivity contribution in [1.82, 2.24) is 10.2 Å². The summed E-state index contributed by atoms with van der Waals surface area (Å²) in [7, 11) is 0. The lowest BCUT2D eigenvalue weighted by Gasteiger charge is -2.18. The Morgan fingerprint density at radius 3 is 2.43 bits per heavy atom. The minimum Gasteiger partial charge on any atom is -0.351 e. The van der Waals surface area contributed by atoms with E-state index in [0.29, 0.717) is 6.54 Å². The smallest absolute Gasteiger partial charge is 0.269 e. The van der Waals surface area contributed by atoms with Gasteiger partial charge in [-0.1, -0.05) is 24.3 Å². The predicted octanol–water partition coefficient (Wildman–Crippen LogP) is 3.99. The van der Waals surface area contributed by atoms with Crippen LogP contribution in [0.1, 0.15) is 30.9 Å². The minimum absolute atomic E-state index is 0.0423. The predicted molar refractivity (Wildman–Crippen MR) is 111 cm³/mol. The molecule has 0 aromatic heterocycles. The van der Waals surface area contributed by atoms with Gasteiger partial charge in [0.1, 0.15) is 0 Å². The number of hydrogen-bond donors (Lipinski definition) is 1. The first-order valence-electron chi connectivity index (χ1n) is 9.51. The van der Waals surface area contributed by atoms with Crippen LogP contribution in [0.5, 0.6) is 0 Å². The Bertz CT molecular complexity index is 820. The van der Waals surface area contributed by atoms with E-state index in [9.17, 15) is 14.9 Å². The average molecular weight is 400 g/mol. The quantitative estimate of drug-likeness (QED) is 0.413. The second kappa shape index (κ2) is 9.71. The highest BCUT2D eigenvalue weighted by atomic mass is 32.2. The monoisotopic (exact) mass is 399 g/mol. The number of benzene rings is 2. The Labute approximate surface area is 169 Å². The molecule has 0 saturated carbocycles. The second-order valence-electron chi connectivity index (χ2n) is 6.98. The first-order valence-corrected chi connectivity index (χ1v) is 10.4. The van der Waals surface area contributed by atoms with Crippen molar-refractivity contribution in [1.29, 1.82) is 0 Å². The zero-order valence-electron chi connectivity index (χ0n) is 16.0. The molecule has 0 aliphatic carbocycles. The van der Waals surface area contributed by atoms with E-state index in [2.05, 4.69) is 22.3 Å². The summed E-state index contributed by atoms with van der Waals surface area (Å²) in [6.07, 6.45) is 2.52. The number of nitrogens with zero attached hydrogens (tertiary/aromatic N) is 2. The van der Waals surface area contributed by atoms with Gasteiger partial charge in [0.15, 0.2) is 0 Å². The number of rotatable bonds is 8. The van der Waals surface area contributed by atoms with E-state index in [1.807, 2.05) is 19.1 Å². The molecule has 1 fully saturated rings. The summed E-state index contributed by atoms with van der Waals surface area (Å²) in [4.78, 5) is 26.1. The molecular weight excluding hydrogens is 374 g/mol. The molecule has 1 amide bonds. The van der Waals surface area contributed by atoms with Crippen molar-refractivity contribution in [3.8, 4) is 0 Å². The fourth-order valence-corrected chi connectivity index (χ4v) is 4.19. The highest BCUT2D eigenvalue weighted by Crippen LogP contribution is 2.25. The van der Waals surface area contributed by atoms with E-state index in [4.69, 9.17) is 0 Å². The SMILES string of the molecule is C[C@H](Sc1ccc([N+](=O)[O-])cc1)C(=O)NCc1ccccc1CN1CCCC1. The zero-order valence-corrected chi connectivity index (χ0v) is 16.8. The molecule has 2 aromatic rings. The summed E-state index contributed by atoms with van der Waals surface area (Å²) in [5, 5.41) is 13.5. The van der Waals surface area contributed by atoms with Gasteiger partial charge in [-0.05, 0) is 56.1 Å². The van der Waals surface area contributed by atoms with E-state index in [0.717, 1.165) is 30.1 Å². The number of nitro groups is 1. The maximum Gasteiger partial charge on any atom is 0.269 e. The number of non-ortho nitro benzene ring substituents is 1. The molecule has 3 rings (SSSR count). The Kier molecular flexibility index (Phi) is 7.06. The molecule has 148 valence electrons. The van der Waals surface area contributed by atoms with Crippen LogP contribution in [0.4, 0.5) is 5.69 Å². The van der Waals surface area contributed by atoms with Crippen LogP contribution in [0.2, 0.25) is 0 Å². The molecule has 7 heteroatoms. The second-order valence-corrected chi connectivity index (χ2v) is 8.40. The molecule has 0 spiro atoms. The van der Waals surface area contributed by atoms with Gasteiger partial charge in [-0.2, -0.15) is 0 Å². The molecule has 1 aliphatic heterocycles. The van der Waals surface area contributed by atoms with Crippen molar-refractivity contribution >= 4 is 23.4 Å². The Hall–Kier alpha value is -2.38. The zero-order chi connectivity index (χ0) is 19.9. The Morgan fingerprint density at radius 1 is 1.14 bits per heavy atom. The molecule has 0 bridgehead atoms. The normalized spacial score (nSPS) is 15.3. The Morgan fingerprint density at radius 2 is 1.79 bits per heavy atom. The molecule has 0 radical (unpaired) electrons. The molecule has 28 heavy (non-hydrogen) atoms. The number of nitrogens with one attached hydrogen (secondary N) is 1. The van der Waals surface area contributed by atoms with Gasteiger partial charge in [0.25, 0.3) is 5.69 Å². The summed E-state index contributed by atoms with van der Waals surface area (Å²) in [5.74, 6) is -0.0423. The molecule has 1 saturated heterocycles. The number of hydrogen-bond acceptors (Lipinski definition) is 5. The van der Waals surface area contributed by atoms with Gasteiger partial charge in [-0.3, -0.25) is 19.8 Å². The standard InChI is InChI=1S/C21H25N3O3S/c1-16(28-20-10-8-19(9-11-20)24(26)27)21(25)22-14-17-6-2-3-7-18(17)15-23-12-4-5-13-23/h2-3,6-11,16H,4-5,12-15H2,1H3,(H,22,25)/t16-/m0/s1. The minimum atomic E-state index is -0.426. The van der Waals surface area contributed by atoms with Crippen molar-refractivity contribution in [2.45, 2.75) is 43.0 Å². The third-order valence-electron chi connectivity index (χ3n) is 4.89. The van der Waals surface area contributed by atoms with Crippen LogP contribution in [-0.4, -0.2) is 34.1 Å². The largest absolute Gasteiger partial charge is 0.351 e. The number of thioether (sulfide) groups is 1. The highest BCUT2D eigenvalue weighted by Gasteiger charge is 2.17. The summed E-state index contributed by atoms with van der Waals surface area (Å²) in [6.45, 7) is 5.57. The average Bonchev–Trinajstić information content (AvgIpc) is 3.20. The van der Waals surface area contributed by atoms with Crippen molar-refractivity contribution < 1.29 is 9.72 Å². The van der Waals surface area contributed by atoms with Crippen LogP contribution in [-0.2, 0) is 17.9 Å². The molecule has 0 unspecified atom stereocenters. The summed E-state index contributed by atoms with van der Waals surface area (Å²) < 4.78 is 0. The van der Waals surface area contributed by atoms with Crippen LogP contribution in [0.25, 0.3) is 0 Å². The van der Waals surface area contributed by atoms with Gasteiger partial charge in [0.2, 0.25) is 5.91 Å². The number of carbonyl (C=O) groups excluding carboxylic acids is 1. The van der Waals surface area contributed by atoms with Gasteiger partial charge < -0.3 is 5.32 Å². The first kappa shape index (κ1) is 20.4. The molecule has 1 heterocycles. The highest BCUT2D eigenvalue weighted by molar-refractivity contribution is 8.00. The molecule has 1 aliphatic rings. The number of likely N-dealkylation sites (tertiary alicyclic amines) is 1. The van der Waals surface area contributed by atoms with E-state index < -0.39 is 4.92 Å². The van der Waals surface area contributed by atoms with Gasteiger partial charge in [-0.15, -0.1) is 11.8 Å². The van der Waals surface area contributed by atoms with E-state index in [1.165, 1.54) is 42.3 Å². The van der Waals surface area contributed by atoms with E-state index in [1.54, 1.807) is 12.1 Å². The van der Waals surface area contributed by atoms with Crippen molar-refractivity contribution in [3.05, 3.63) is 69.8 Å². The van der Waals surface area contributed by atoms with Crippen LogP contribution < -0.4 is 5.32 Å². The lowest BCUT2D eigenvalue weighted by Crippen LogP contribution is -2.31. The fraction of sp³-hybridized carbons (Fsp3) is 0.381. The van der Waals surface area contributed by atoms with Crippen LogP contribution in [0.3, 0.4) is 0 Å². The van der Waals surface area contributed by atoms with Crippen LogP contribution in [0, 0.1) is 10.1 Å². The molecule has 1 atom stereocenters. The number of amides is 1. The third-order valence-corrected chi connectivity index (χ3v) is 6.01. The van der Waals surface area contributed by atoms with Crippen molar-refractivity contribution in [2.24, 2.45) is 0 Å². The number of nitro benzene ring substituents is 1. The van der Waals surface area contributed by atoms with Crippen molar-refractivity contribution in [3.63, 3.8) is 0 Å². The summed E-state index contributed by atoms with van der Waals surface area (Å²) in [6, 6.07) is 14.5. The van der Waals surface area contributed by atoms with Gasteiger partial charge in [0, 0.05) is 30.1 Å². The summed E-state index contributed by atoms with van der Waals surface area (Å²) >= 11 is 1.39. The topological polar surface area (TPSA) is 75.5 Å². The molecule has 2 aromatic carbocycles. The van der Waals surface area contributed by atoms with Gasteiger partial charge in [-0.25, -0.2) is 0 Å². The lowest BCUT2D eigenvalue weighted by atomic mass is 10.1. The van der Waals surface area contributed by atoms with Gasteiger partial charge in [0.05, 0.1) is 10.2 Å². The van der Waals surface area contributed by atoms with Crippen LogP contribution >= 0.6 is 11.8 Å². The third kappa shape index (κ3) is 5.56. The van der Waals surface area contributed by atoms with E-state index >= 15 is 0 Å². The molecule has 6 nitrogen and oxygen atoms in total. The lowest BCUT2D eigenvalue weighted by molar-refractivity contribution is -0.384. The maximum atomic E-state index is 12.5.